The average molecular weight is 498 g/mol. The first-order chi connectivity index (χ1) is 16.5. The third kappa shape index (κ3) is 6.43. The van der Waals surface area contributed by atoms with Gasteiger partial charge >= 0.3 is 12.8 Å². The van der Waals surface area contributed by atoms with Crippen molar-refractivity contribution in [1.29, 1.82) is 0 Å². The number of methoxy groups -OCH3 is 1. The first kappa shape index (κ1) is 25.4. The number of carbonyl (C=O) groups is 2. The zero-order valence-electron chi connectivity index (χ0n) is 17.8. The Kier molecular flexibility index (Phi) is 7.52. The fraction of sp³-hybridized carbons (Fsp3) is 0.130. The molecule has 6 nitrogen and oxygen atoms in total. The molecule has 0 atom stereocenters. The Morgan fingerprint density at radius 3 is 2.06 bits per heavy atom. The summed E-state index contributed by atoms with van der Waals surface area (Å²) in [6, 6.07) is 10.2. The van der Waals surface area contributed by atoms with Gasteiger partial charge in [-0.3, -0.25) is 9.59 Å². The van der Waals surface area contributed by atoms with Gasteiger partial charge in [-0.25, -0.2) is 4.39 Å². The highest BCUT2D eigenvalue weighted by Crippen LogP contribution is 2.37. The largest absolute Gasteiger partial charge is 0.493 e. The van der Waals surface area contributed by atoms with Crippen LogP contribution in [0.1, 0.15) is 26.3 Å². The number of nitrogens with one attached hydrogen (secondary N) is 2. The topological polar surface area (TPSA) is 76.7 Å². The smallest absolute Gasteiger partial charge is 0.418 e. The lowest BCUT2D eigenvalue weighted by Gasteiger charge is -2.16. The molecule has 0 saturated heterocycles. The lowest BCUT2D eigenvalue weighted by molar-refractivity contribution is -0.136. The molecule has 0 aliphatic carbocycles. The summed E-state index contributed by atoms with van der Waals surface area (Å²) < 4.78 is 88.1. The van der Waals surface area contributed by atoms with E-state index in [9.17, 15) is 35.9 Å². The summed E-state index contributed by atoms with van der Waals surface area (Å²) >= 11 is 0. The third-order valence-electron chi connectivity index (χ3n) is 4.58. The highest BCUT2D eigenvalue weighted by Gasteiger charge is 2.34. The molecule has 0 aliphatic rings. The maximum absolute atomic E-state index is 13.7. The normalized spacial score (nSPS) is 11.2. The number of alkyl halides is 5. The van der Waals surface area contributed by atoms with Gasteiger partial charge in [-0.2, -0.15) is 22.0 Å². The van der Waals surface area contributed by atoms with Gasteiger partial charge < -0.3 is 20.1 Å². The number of rotatable bonds is 7. The van der Waals surface area contributed by atoms with E-state index in [1.165, 1.54) is 0 Å². The maximum atomic E-state index is 13.7. The summed E-state index contributed by atoms with van der Waals surface area (Å²) in [5.41, 5.74) is -2.27. The Hall–Kier alpha value is -4.22. The molecule has 0 spiro atoms. The van der Waals surface area contributed by atoms with E-state index in [0.29, 0.717) is 6.07 Å². The van der Waals surface area contributed by atoms with E-state index in [-0.39, 0.29) is 28.3 Å². The van der Waals surface area contributed by atoms with Gasteiger partial charge in [0.25, 0.3) is 11.8 Å². The van der Waals surface area contributed by atoms with E-state index >= 15 is 0 Å². The number of halogens is 6. The van der Waals surface area contributed by atoms with Crippen LogP contribution in [0.4, 0.5) is 37.7 Å². The standard InChI is InChI=1S/C23H16F6N2O4/c1-34-19-10-13(4-9-18(19)35-22(25)26)21(33)31-17-8-7-15(11-16(17)23(27,28)29)30-20(32)12-2-5-14(24)6-3-12/h2-11,22H,1H3,(H,30,32)(H,31,33). The molecule has 2 N–H and O–H groups in total. The first-order valence-electron chi connectivity index (χ1n) is 9.70. The minimum atomic E-state index is -4.91. The molecule has 0 bridgehead atoms. The van der Waals surface area contributed by atoms with E-state index in [1.54, 1.807) is 0 Å². The molecular weight excluding hydrogens is 482 g/mol. The van der Waals surface area contributed by atoms with Crippen LogP contribution in [0.25, 0.3) is 0 Å². The monoisotopic (exact) mass is 498 g/mol. The number of ether oxygens (including phenoxy) is 2. The summed E-state index contributed by atoms with van der Waals surface area (Å²) in [4.78, 5) is 24.8. The van der Waals surface area contributed by atoms with Gasteiger partial charge in [0.2, 0.25) is 0 Å². The number of carbonyl (C=O) groups excluding carboxylic acids is 2. The minimum absolute atomic E-state index is 0.0190. The van der Waals surface area contributed by atoms with E-state index in [2.05, 4.69) is 15.4 Å². The molecule has 0 aromatic heterocycles. The lowest BCUT2D eigenvalue weighted by Crippen LogP contribution is -2.18. The van der Waals surface area contributed by atoms with Crippen molar-refractivity contribution in [3.8, 4) is 11.5 Å². The molecule has 0 heterocycles. The molecule has 0 aliphatic heterocycles. The molecule has 184 valence electrons. The zero-order valence-corrected chi connectivity index (χ0v) is 17.8. The highest BCUT2D eigenvalue weighted by molar-refractivity contribution is 6.06. The van der Waals surface area contributed by atoms with Gasteiger partial charge in [-0.15, -0.1) is 0 Å². The zero-order chi connectivity index (χ0) is 25.8. The summed E-state index contributed by atoms with van der Waals surface area (Å²) in [5, 5.41) is 4.38. The Labute approximate surface area is 194 Å². The Morgan fingerprint density at radius 1 is 0.829 bits per heavy atom. The molecule has 12 heteroatoms. The van der Waals surface area contributed by atoms with Crippen molar-refractivity contribution in [1.82, 2.24) is 0 Å². The Morgan fingerprint density at radius 2 is 1.46 bits per heavy atom. The molecule has 3 rings (SSSR count). The van der Waals surface area contributed by atoms with Crippen molar-refractivity contribution in [2.75, 3.05) is 17.7 Å². The van der Waals surface area contributed by atoms with Crippen molar-refractivity contribution < 1.29 is 45.4 Å². The third-order valence-corrected chi connectivity index (χ3v) is 4.58. The van der Waals surface area contributed by atoms with Crippen molar-refractivity contribution in [3.05, 3.63) is 83.2 Å². The van der Waals surface area contributed by atoms with E-state index in [0.717, 1.165) is 61.7 Å². The lowest BCUT2D eigenvalue weighted by atomic mass is 10.1. The predicted molar refractivity (Wildman–Crippen MR) is 113 cm³/mol. The van der Waals surface area contributed by atoms with E-state index in [1.807, 2.05) is 0 Å². The summed E-state index contributed by atoms with van der Waals surface area (Å²) in [6.07, 6.45) is -4.91. The van der Waals surface area contributed by atoms with Gasteiger partial charge in [0, 0.05) is 16.8 Å². The molecular formula is C23H16F6N2O4. The summed E-state index contributed by atoms with van der Waals surface area (Å²) in [5.74, 6) is -2.94. The Balaban J connectivity index is 1.84. The van der Waals surface area contributed by atoms with Crippen molar-refractivity contribution in [2.24, 2.45) is 0 Å². The van der Waals surface area contributed by atoms with E-state index < -0.39 is 41.7 Å². The van der Waals surface area contributed by atoms with Crippen LogP contribution in [0.3, 0.4) is 0 Å². The molecule has 2 amide bonds. The molecule has 3 aromatic rings. The second kappa shape index (κ2) is 10.4. The van der Waals surface area contributed by atoms with Crippen LogP contribution in [-0.4, -0.2) is 25.5 Å². The second-order valence-electron chi connectivity index (χ2n) is 6.92. The van der Waals surface area contributed by atoms with Crippen LogP contribution in [0.15, 0.2) is 60.7 Å². The van der Waals surface area contributed by atoms with Gasteiger partial charge in [-0.1, -0.05) is 0 Å². The maximum Gasteiger partial charge on any atom is 0.418 e. The molecule has 0 unspecified atom stereocenters. The van der Waals surface area contributed by atoms with Gasteiger partial charge in [-0.05, 0) is 60.7 Å². The number of hydrogen-bond donors (Lipinski definition) is 2. The van der Waals surface area contributed by atoms with Crippen LogP contribution >= 0.6 is 0 Å². The number of hydrogen-bond acceptors (Lipinski definition) is 4. The van der Waals surface area contributed by atoms with Crippen molar-refractivity contribution >= 4 is 23.2 Å². The van der Waals surface area contributed by atoms with Crippen LogP contribution in [0.2, 0.25) is 0 Å². The van der Waals surface area contributed by atoms with Gasteiger partial charge in [0.15, 0.2) is 11.5 Å². The summed E-state index contributed by atoms with van der Waals surface area (Å²) in [7, 11) is 1.13. The quantitative estimate of drug-likeness (QED) is 0.394. The fourth-order valence-electron chi connectivity index (χ4n) is 2.97. The number of anilines is 2. The molecule has 3 aromatic carbocycles. The van der Waals surface area contributed by atoms with Gasteiger partial charge in [0.1, 0.15) is 5.82 Å². The van der Waals surface area contributed by atoms with Crippen LogP contribution in [0, 0.1) is 5.82 Å². The first-order valence-corrected chi connectivity index (χ1v) is 9.70. The van der Waals surface area contributed by atoms with Crippen molar-refractivity contribution in [3.63, 3.8) is 0 Å². The number of benzene rings is 3. The molecule has 0 saturated carbocycles. The highest BCUT2D eigenvalue weighted by atomic mass is 19.4. The SMILES string of the molecule is COc1cc(C(=O)Nc2ccc(NC(=O)c3ccc(F)cc3)cc2C(F)(F)F)ccc1OC(F)F. The van der Waals surface area contributed by atoms with Crippen LogP contribution in [-0.2, 0) is 6.18 Å². The van der Waals surface area contributed by atoms with Gasteiger partial charge in [0.05, 0.1) is 18.4 Å². The van der Waals surface area contributed by atoms with Crippen LogP contribution < -0.4 is 20.1 Å². The average Bonchev–Trinajstić information content (AvgIpc) is 2.79. The molecule has 0 radical (unpaired) electrons. The van der Waals surface area contributed by atoms with E-state index in [4.69, 9.17) is 4.74 Å². The van der Waals surface area contributed by atoms with Crippen LogP contribution in [0.5, 0.6) is 11.5 Å². The van der Waals surface area contributed by atoms with Crippen molar-refractivity contribution in [2.45, 2.75) is 12.8 Å². The molecule has 35 heavy (non-hydrogen) atoms. The number of amides is 2. The fourth-order valence-corrected chi connectivity index (χ4v) is 2.97. The second-order valence-corrected chi connectivity index (χ2v) is 6.92. The predicted octanol–water partition coefficient (Wildman–Crippen LogP) is 5.96. The summed E-state index contributed by atoms with van der Waals surface area (Å²) in [6.45, 7) is -3.15. The minimum Gasteiger partial charge on any atom is -0.493 e. The Bertz CT molecular complexity index is 1230. The molecule has 0 fully saturated rings.